The number of aliphatic hydroxyl groups is 5. The van der Waals surface area contributed by atoms with Crippen LogP contribution in [0.3, 0.4) is 0 Å². The number of carboxylic acids is 1. The molecule has 0 aromatic heterocycles. The van der Waals surface area contributed by atoms with E-state index in [-0.39, 0.29) is 0 Å². The second-order valence-corrected chi connectivity index (χ2v) is 2.02. The molecule has 11 heavy (non-hydrogen) atoms. The largest absolute Gasteiger partial charge is 0.481 e. The van der Waals surface area contributed by atoms with E-state index in [0.29, 0.717) is 0 Å². The molecule has 0 fully saturated rings. The molecule has 7 nitrogen and oxygen atoms in total. The molecule has 0 spiro atoms. The fourth-order valence-corrected chi connectivity index (χ4v) is 0.329. The van der Waals surface area contributed by atoms with Crippen molar-refractivity contribution < 1.29 is 35.4 Å². The quantitative estimate of drug-likeness (QED) is 0.243. The molecule has 0 atom stereocenters. The van der Waals surface area contributed by atoms with E-state index >= 15 is 0 Å². The van der Waals surface area contributed by atoms with Gasteiger partial charge in [-0.2, -0.15) is 0 Å². The number of rotatable bonds is 3. The number of hydrogen-bond donors (Lipinski definition) is 6. The van der Waals surface area contributed by atoms with Crippen molar-refractivity contribution in [3.63, 3.8) is 0 Å². The van der Waals surface area contributed by atoms with Gasteiger partial charge >= 0.3 is 11.9 Å². The van der Waals surface area contributed by atoms with Gasteiger partial charge in [0.15, 0.2) is 0 Å². The second-order valence-electron chi connectivity index (χ2n) is 2.02. The van der Waals surface area contributed by atoms with Gasteiger partial charge in [-0.25, -0.2) is 0 Å². The van der Waals surface area contributed by atoms with Crippen LogP contribution in [0.5, 0.6) is 0 Å². The Kier molecular flexibility index (Phi) is 2.54. The lowest BCUT2D eigenvalue weighted by atomic mass is 10.1. The molecule has 6 N–H and O–H groups in total. The number of carboxylic acid groups (broad SMARTS) is 1. The van der Waals surface area contributed by atoms with Crippen molar-refractivity contribution in [1.29, 1.82) is 0 Å². The first-order valence-corrected chi connectivity index (χ1v) is 2.50. The Morgan fingerprint density at radius 2 is 1.45 bits per heavy atom. The average Bonchev–Trinajstić information content (AvgIpc) is 1.56. The maximum Gasteiger partial charge on any atom is 0.333 e. The molecule has 0 saturated carbocycles. The van der Waals surface area contributed by atoms with Gasteiger partial charge in [-0.3, -0.25) is 4.79 Å². The van der Waals surface area contributed by atoms with Crippen LogP contribution in [0.15, 0.2) is 0 Å². The van der Waals surface area contributed by atoms with Crippen LogP contribution in [0.2, 0.25) is 0 Å². The summed E-state index contributed by atoms with van der Waals surface area (Å²) < 4.78 is 0. The van der Waals surface area contributed by atoms with Crippen molar-refractivity contribution in [2.75, 3.05) is 0 Å². The summed E-state index contributed by atoms with van der Waals surface area (Å²) in [6, 6.07) is 0. The Labute approximate surface area is 60.8 Å². The van der Waals surface area contributed by atoms with Crippen LogP contribution in [0.4, 0.5) is 0 Å². The molecule has 66 valence electrons. The number of carbonyl (C=O) groups is 1. The standard InChI is InChI=1S/C4H8O7/c5-2(6)1-3(7,8)4(9,10)11/h7-11H,1H2,(H,5,6). The molecule has 0 aliphatic heterocycles. The van der Waals surface area contributed by atoms with E-state index in [1.165, 1.54) is 0 Å². The molecule has 0 unspecified atom stereocenters. The summed E-state index contributed by atoms with van der Waals surface area (Å²) in [5.74, 6) is -9.01. The first-order valence-electron chi connectivity index (χ1n) is 2.50. The molecule has 7 heteroatoms. The lowest BCUT2D eigenvalue weighted by Gasteiger charge is -2.28. The molecule has 0 radical (unpaired) electrons. The number of hydrogen-bond acceptors (Lipinski definition) is 6. The lowest BCUT2D eigenvalue weighted by molar-refractivity contribution is -0.445. The van der Waals surface area contributed by atoms with Crippen LogP contribution in [0.1, 0.15) is 6.42 Å². The summed E-state index contributed by atoms with van der Waals surface area (Å²) in [4.78, 5) is 9.81. The fourth-order valence-electron chi connectivity index (χ4n) is 0.329. The summed E-state index contributed by atoms with van der Waals surface area (Å²) in [5, 5.41) is 49.3. The van der Waals surface area contributed by atoms with Crippen LogP contribution >= 0.6 is 0 Å². The topological polar surface area (TPSA) is 138 Å². The highest BCUT2D eigenvalue weighted by molar-refractivity contribution is 5.67. The van der Waals surface area contributed by atoms with E-state index in [2.05, 4.69) is 0 Å². The van der Waals surface area contributed by atoms with E-state index in [1.807, 2.05) is 0 Å². The molecular weight excluding hydrogens is 160 g/mol. The van der Waals surface area contributed by atoms with Gasteiger partial charge in [0.05, 0.1) is 0 Å². The zero-order valence-corrected chi connectivity index (χ0v) is 5.30. The monoisotopic (exact) mass is 168 g/mol. The first-order chi connectivity index (χ1) is 4.67. The fraction of sp³-hybridized carbons (Fsp3) is 0.750. The van der Waals surface area contributed by atoms with Crippen LogP contribution < -0.4 is 0 Å². The van der Waals surface area contributed by atoms with Crippen molar-refractivity contribution in [3.05, 3.63) is 0 Å². The van der Waals surface area contributed by atoms with Gasteiger partial charge in [0, 0.05) is 0 Å². The lowest BCUT2D eigenvalue weighted by Crippen LogP contribution is -2.55. The normalized spacial score (nSPS) is 13.2. The molecule has 0 aromatic rings. The zero-order chi connectivity index (χ0) is 9.28. The highest BCUT2D eigenvalue weighted by atomic mass is 16.7. The third-order valence-corrected chi connectivity index (χ3v) is 0.935. The molecule has 0 heterocycles. The summed E-state index contributed by atoms with van der Waals surface area (Å²) in [6.07, 6.45) is -1.41. The molecule has 0 aliphatic carbocycles. The van der Waals surface area contributed by atoms with E-state index < -0.39 is 24.2 Å². The van der Waals surface area contributed by atoms with Crippen molar-refractivity contribution in [2.45, 2.75) is 18.2 Å². The maximum absolute atomic E-state index is 9.81. The summed E-state index contributed by atoms with van der Waals surface area (Å²) in [5.41, 5.74) is 0. The SMILES string of the molecule is O=C(O)CC(O)(O)C(O)(O)O. The third-order valence-electron chi connectivity index (χ3n) is 0.935. The highest BCUT2D eigenvalue weighted by Gasteiger charge is 2.47. The van der Waals surface area contributed by atoms with Crippen molar-refractivity contribution >= 4 is 5.97 Å². The van der Waals surface area contributed by atoms with Crippen molar-refractivity contribution in [1.82, 2.24) is 0 Å². The minimum atomic E-state index is -3.84. The molecule has 0 bridgehead atoms. The predicted molar refractivity (Wildman–Crippen MR) is 28.8 cm³/mol. The van der Waals surface area contributed by atoms with Gasteiger partial charge in [0.2, 0.25) is 0 Å². The minimum absolute atomic E-state index is 1.41. The summed E-state index contributed by atoms with van der Waals surface area (Å²) in [6.45, 7) is 0. The van der Waals surface area contributed by atoms with E-state index in [4.69, 9.17) is 30.6 Å². The molecule has 0 rings (SSSR count). The minimum Gasteiger partial charge on any atom is -0.481 e. The smallest absolute Gasteiger partial charge is 0.333 e. The average molecular weight is 168 g/mol. The molecule has 0 amide bonds. The van der Waals surface area contributed by atoms with Crippen molar-refractivity contribution in [3.8, 4) is 0 Å². The molecule has 0 aliphatic rings. The van der Waals surface area contributed by atoms with E-state index in [9.17, 15) is 4.79 Å². The Bertz CT molecular complexity index is 154. The van der Waals surface area contributed by atoms with Crippen LogP contribution in [0.25, 0.3) is 0 Å². The predicted octanol–water partition coefficient (Wildman–Crippen LogP) is -3.23. The Balaban J connectivity index is 4.34. The van der Waals surface area contributed by atoms with Gasteiger partial charge in [0.25, 0.3) is 5.79 Å². The summed E-state index contributed by atoms with van der Waals surface area (Å²) >= 11 is 0. The van der Waals surface area contributed by atoms with Crippen LogP contribution in [-0.2, 0) is 4.79 Å². The Morgan fingerprint density at radius 1 is 1.09 bits per heavy atom. The second kappa shape index (κ2) is 2.72. The van der Waals surface area contributed by atoms with Gasteiger partial charge in [0.1, 0.15) is 6.42 Å². The van der Waals surface area contributed by atoms with Crippen LogP contribution in [-0.4, -0.2) is 48.4 Å². The Hall–Kier alpha value is -0.730. The molecule has 0 saturated heterocycles. The maximum atomic E-state index is 9.81. The summed E-state index contributed by atoms with van der Waals surface area (Å²) in [7, 11) is 0. The first kappa shape index (κ1) is 10.3. The van der Waals surface area contributed by atoms with Crippen LogP contribution in [0, 0.1) is 0 Å². The molecule has 0 aromatic carbocycles. The van der Waals surface area contributed by atoms with Gasteiger partial charge in [-0.15, -0.1) is 0 Å². The molecular formula is C4H8O7. The Morgan fingerprint density at radius 3 is 1.55 bits per heavy atom. The van der Waals surface area contributed by atoms with Gasteiger partial charge in [-0.1, -0.05) is 0 Å². The number of aliphatic carboxylic acids is 1. The van der Waals surface area contributed by atoms with Crippen molar-refractivity contribution in [2.24, 2.45) is 0 Å². The van der Waals surface area contributed by atoms with Gasteiger partial charge < -0.3 is 30.6 Å². The van der Waals surface area contributed by atoms with Gasteiger partial charge in [-0.05, 0) is 0 Å². The third kappa shape index (κ3) is 2.78. The van der Waals surface area contributed by atoms with E-state index in [0.717, 1.165) is 0 Å². The highest BCUT2D eigenvalue weighted by Crippen LogP contribution is 2.17. The van der Waals surface area contributed by atoms with E-state index in [1.54, 1.807) is 0 Å². The zero-order valence-electron chi connectivity index (χ0n) is 5.30.